The number of carbonyl (C=O) groups excluding carboxylic acids is 2. The Morgan fingerprint density at radius 1 is 0.882 bits per heavy atom. The lowest BCUT2D eigenvalue weighted by atomic mass is 10.1. The molecule has 0 bridgehead atoms. The van der Waals surface area contributed by atoms with E-state index in [4.69, 9.17) is 0 Å². The highest BCUT2D eigenvalue weighted by atomic mass is 32.2. The first-order chi connectivity index (χ1) is 16.3. The molecule has 1 aromatic heterocycles. The Morgan fingerprint density at radius 3 is 2.24 bits per heavy atom. The molecule has 2 aliphatic rings. The van der Waals surface area contributed by atoms with Crippen LogP contribution in [0.4, 0.5) is 0 Å². The van der Waals surface area contributed by atoms with E-state index in [1.807, 2.05) is 37.3 Å². The van der Waals surface area contributed by atoms with Crippen LogP contribution in [0.3, 0.4) is 0 Å². The van der Waals surface area contributed by atoms with Gasteiger partial charge < -0.3 is 0 Å². The van der Waals surface area contributed by atoms with Crippen LogP contribution in [0.5, 0.6) is 0 Å². The summed E-state index contributed by atoms with van der Waals surface area (Å²) in [5, 5.41) is 1.09. The summed E-state index contributed by atoms with van der Waals surface area (Å²) >= 11 is 1.52. The highest BCUT2D eigenvalue weighted by Crippen LogP contribution is 2.35. The lowest BCUT2D eigenvalue weighted by molar-refractivity contribution is 0.0590. The van der Waals surface area contributed by atoms with E-state index in [1.54, 1.807) is 36.4 Å². The Morgan fingerprint density at radius 2 is 1.53 bits per heavy atom. The first-order valence-corrected chi connectivity index (χ1v) is 13.6. The third-order valence-corrected chi connectivity index (χ3v) is 10.00. The van der Waals surface area contributed by atoms with Gasteiger partial charge in [-0.2, -0.15) is 0 Å². The third kappa shape index (κ3) is 3.22. The van der Waals surface area contributed by atoms with Crippen molar-refractivity contribution in [3.05, 3.63) is 99.4 Å². The van der Waals surface area contributed by atoms with Gasteiger partial charge in [0.2, 0.25) is 0 Å². The summed E-state index contributed by atoms with van der Waals surface area (Å²) in [5.41, 5.74) is 3.75. The molecule has 2 heterocycles. The van der Waals surface area contributed by atoms with Gasteiger partial charge >= 0.3 is 0 Å². The van der Waals surface area contributed by atoms with Crippen LogP contribution in [0, 0.1) is 6.92 Å². The molecule has 1 aliphatic heterocycles. The van der Waals surface area contributed by atoms with Crippen LogP contribution >= 0.6 is 11.3 Å². The maximum Gasteiger partial charge on any atom is 0.261 e. The molecule has 1 unspecified atom stereocenters. The van der Waals surface area contributed by atoms with Gasteiger partial charge in [0.15, 0.2) is 9.84 Å². The van der Waals surface area contributed by atoms with Gasteiger partial charge in [-0.15, -0.1) is 11.3 Å². The summed E-state index contributed by atoms with van der Waals surface area (Å²) in [4.78, 5) is 28.3. The van der Waals surface area contributed by atoms with Crippen molar-refractivity contribution in [1.29, 1.82) is 0 Å². The van der Waals surface area contributed by atoms with Crippen LogP contribution < -0.4 is 0 Å². The molecule has 7 heteroatoms. The minimum absolute atomic E-state index is 0.0429. The lowest BCUT2D eigenvalue weighted by Gasteiger charge is -2.21. The number of benzene rings is 3. The molecule has 0 N–H and O–H groups in total. The molecule has 0 saturated heterocycles. The van der Waals surface area contributed by atoms with Crippen molar-refractivity contribution in [1.82, 2.24) is 4.90 Å². The molecule has 5 nitrogen and oxygen atoms in total. The number of sulfone groups is 1. The van der Waals surface area contributed by atoms with E-state index >= 15 is 0 Å². The quantitative estimate of drug-likeness (QED) is 0.382. The van der Waals surface area contributed by atoms with E-state index in [9.17, 15) is 18.0 Å². The van der Waals surface area contributed by atoms with E-state index in [0.717, 1.165) is 31.7 Å². The van der Waals surface area contributed by atoms with Crippen LogP contribution in [-0.4, -0.2) is 31.2 Å². The van der Waals surface area contributed by atoms with Gasteiger partial charge in [-0.1, -0.05) is 36.4 Å². The number of hydrogen-bond donors (Lipinski definition) is 0. The smallest absolute Gasteiger partial charge is 0.261 e. The van der Waals surface area contributed by atoms with Gasteiger partial charge in [-0.05, 0) is 72.2 Å². The Labute approximate surface area is 201 Å². The van der Waals surface area contributed by atoms with Crippen LogP contribution in [-0.2, 0) is 28.4 Å². The highest BCUT2D eigenvalue weighted by molar-refractivity contribution is 7.90. The maximum atomic E-state index is 13.3. The van der Waals surface area contributed by atoms with Crippen molar-refractivity contribution >= 4 is 43.1 Å². The van der Waals surface area contributed by atoms with Crippen molar-refractivity contribution in [2.24, 2.45) is 0 Å². The second kappa shape index (κ2) is 7.61. The summed E-state index contributed by atoms with van der Waals surface area (Å²) in [7, 11) is -3.54. The van der Waals surface area contributed by atoms with Crippen LogP contribution in [0.1, 0.15) is 42.3 Å². The van der Waals surface area contributed by atoms with E-state index in [2.05, 4.69) is 0 Å². The second-order valence-electron chi connectivity index (χ2n) is 8.92. The summed E-state index contributed by atoms with van der Waals surface area (Å²) in [6, 6.07) is 19.7. The summed E-state index contributed by atoms with van der Waals surface area (Å²) in [5.74, 6) is -0.586. The summed E-state index contributed by atoms with van der Waals surface area (Å²) < 4.78 is 27.7. The molecule has 6 rings (SSSR count). The fourth-order valence-corrected chi connectivity index (χ4v) is 8.14. The van der Waals surface area contributed by atoms with Crippen LogP contribution in [0.2, 0.25) is 0 Å². The molecule has 2 amide bonds. The van der Waals surface area contributed by atoms with Crippen molar-refractivity contribution in [2.45, 2.75) is 36.5 Å². The molecule has 0 spiro atoms. The number of carbonyl (C=O) groups is 2. The molecule has 0 saturated carbocycles. The zero-order valence-corrected chi connectivity index (χ0v) is 20.1. The monoisotopic (exact) mass is 487 g/mol. The van der Waals surface area contributed by atoms with Crippen molar-refractivity contribution in [3.63, 3.8) is 0 Å². The van der Waals surface area contributed by atoms with Gasteiger partial charge in [-0.25, -0.2) is 8.42 Å². The van der Waals surface area contributed by atoms with Gasteiger partial charge in [0, 0.05) is 15.6 Å². The number of rotatable bonds is 4. The number of hydrogen-bond acceptors (Lipinski definition) is 5. The number of aryl methyl sites for hydroxylation is 1. The molecule has 1 aliphatic carbocycles. The summed E-state index contributed by atoms with van der Waals surface area (Å²) in [6.45, 7) is 1.97. The molecular weight excluding hydrogens is 466 g/mol. The molecule has 170 valence electrons. The highest BCUT2D eigenvalue weighted by Gasteiger charge is 2.41. The first kappa shape index (κ1) is 21.3. The number of fused-ring (bicyclic) bond motifs is 3. The minimum atomic E-state index is -3.54. The number of nitrogens with zero attached hydrogens (tertiary/aromatic N) is 1. The summed E-state index contributed by atoms with van der Waals surface area (Å²) in [6.07, 6.45) is 1.00. The standard InChI is InChI=1S/C27H21NO4S2/c1-16-21-6-4-5-9-24(21)33-25(16)15-34(31,32)20-11-10-17-12-19(13-18(17)14-20)28-26(29)22-7-2-3-8-23(22)27(28)30/h2-11,14,19H,12-13,15H2,1H3. The number of amides is 2. The van der Waals surface area contributed by atoms with Gasteiger partial charge in [-0.3, -0.25) is 14.5 Å². The van der Waals surface area contributed by atoms with Crippen molar-refractivity contribution < 1.29 is 18.0 Å². The minimum Gasteiger partial charge on any atom is -0.271 e. The largest absolute Gasteiger partial charge is 0.271 e. The first-order valence-electron chi connectivity index (χ1n) is 11.1. The van der Waals surface area contributed by atoms with E-state index < -0.39 is 9.84 Å². The molecule has 0 radical (unpaired) electrons. The zero-order valence-electron chi connectivity index (χ0n) is 18.4. The SMILES string of the molecule is Cc1c(CS(=O)(=O)c2ccc3c(c2)CC(N2C(=O)c4ccccc4C2=O)C3)sc2ccccc12. The number of imide groups is 1. The van der Waals surface area contributed by atoms with Crippen LogP contribution in [0.15, 0.2) is 71.6 Å². The van der Waals surface area contributed by atoms with Crippen LogP contribution in [0.25, 0.3) is 10.1 Å². The maximum absolute atomic E-state index is 13.3. The third-order valence-electron chi connectivity index (χ3n) is 6.90. The van der Waals surface area contributed by atoms with E-state index in [-0.39, 0.29) is 28.5 Å². The average Bonchev–Trinajstić information content (AvgIpc) is 3.46. The fraction of sp³-hybridized carbons (Fsp3) is 0.185. The lowest BCUT2D eigenvalue weighted by Crippen LogP contribution is -2.40. The van der Waals surface area contributed by atoms with E-state index in [1.165, 1.54) is 16.2 Å². The average molecular weight is 488 g/mol. The topological polar surface area (TPSA) is 71.5 Å². The predicted molar refractivity (Wildman–Crippen MR) is 132 cm³/mol. The molecule has 4 aromatic rings. The van der Waals surface area contributed by atoms with E-state index in [0.29, 0.717) is 24.0 Å². The van der Waals surface area contributed by atoms with Gasteiger partial charge in [0.05, 0.1) is 21.8 Å². The molecule has 34 heavy (non-hydrogen) atoms. The Kier molecular flexibility index (Phi) is 4.76. The molecule has 3 aromatic carbocycles. The second-order valence-corrected chi connectivity index (χ2v) is 12.1. The zero-order chi connectivity index (χ0) is 23.6. The van der Waals surface area contributed by atoms with Crippen molar-refractivity contribution in [2.75, 3.05) is 0 Å². The molecule has 0 fully saturated rings. The Bertz CT molecular complexity index is 1580. The van der Waals surface area contributed by atoms with Gasteiger partial charge in [0.25, 0.3) is 11.8 Å². The fourth-order valence-electron chi connectivity index (χ4n) is 5.11. The molecular formula is C27H21NO4S2. The Balaban J connectivity index is 1.27. The predicted octanol–water partition coefficient (Wildman–Crippen LogP) is 4.95. The van der Waals surface area contributed by atoms with Gasteiger partial charge in [0.1, 0.15) is 0 Å². The normalized spacial score (nSPS) is 17.4. The Hall–Kier alpha value is -3.29. The molecule has 1 atom stereocenters. The van der Waals surface area contributed by atoms with Crippen molar-refractivity contribution in [3.8, 4) is 0 Å². The number of thiophene rings is 1.